The number of H-pyrrole nitrogens is 1. The smallest absolute Gasteiger partial charge is 0.284 e. The van der Waals surface area contributed by atoms with Gasteiger partial charge in [0.2, 0.25) is 5.89 Å². The molecule has 102 valence electrons. The highest BCUT2D eigenvalue weighted by molar-refractivity contribution is 7.71. The molecule has 0 radical (unpaired) electrons. The van der Waals surface area contributed by atoms with Gasteiger partial charge in [0.15, 0.2) is 0 Å². The summed E-state index contributed by atoms with van der Waals surface area (Å²) in [4.78, 5) is 0.242. The highest BCUT2D eigenvalue weighted by Crippen LogP contribution is 2.27. The van der Waals surface area contributed by atoms with Crippen molar-refractivity contribution < 1.29 is 4.42 Å². The fourth-order valence-electron chi connectivity index (χ4n) is 2.03. The molecule has 2 aromatic heterocycles. The van der Waals surface area contributed by atoms with E-state index in [2.05, 4.69) is 15.3 Å². The maximum atomic E-state index is 6.15. The molecule has 2 heterocycles. The molecule has 1 N–H and O–H groups in total. The first kappa shape index (κ1) is 13.1. The Labute approximate surface area is 125 Å². The van der Waals surface area contributed by atoms with Gasteiger partial charge in [0, 0.05) is 5.02 Å². The van der Waals surface area contributed by atoms with Crippen LogP contribution < -0.4 is 0 Å². The number of aromatic amines is 1. The molecule has 3 rings (SSSR count). The molecule has 0 atom stereocenters. The first-order valence-corrected chi connectivity index (χ1v) is 6.72. The minimum absolute atomic E-state index is 0.242. The molecule has 0 saturated carbocycles. The van der Waals surface area contributed by atoms with Gasteiger partial charge in [-0.15, -0.1) is 5.10 Å². The van der Waals surface area contributed by atoms with Crippen molar-refractivity contribution in [1.29, 1.82) is 0 Å². The Morgan fingerprint density at radius 3 is 2.85 bits per heavy atom. The van der Waals surface area contributed by atoms with Crippen molar-refractivity contribution in [3.63, 3.8) is 0 Å². The van der Waals surface area contributed by atoms with E-state index in [-0.39, 0.29) is 4.84 Å². The van der Waals surface area contributed by atoms with Crippen molar-refractivity contribution in [3.05, 3.63) is 45.5 Å². The number of hydrogen-bond donors (Lipinski definition) is 1. The number of halogens is 1. The van der Waals surface area contributed by atoms with Gasteiger partial charge in [-0.1, -0.05) is 17.7 Å². The maximum absolute atomic E-state index is 6.15. The van der Waals surface area contributed by atoms with Crippen LogP contribution in [0.5, 0.6) is 0 Å². The summed E-state index contributed by atoms with van der Waals surface area (Å²) in [5.41, 5.74) is 3.59. The Hall–Kier alpha value is -1.92. The van der Waals surface area contributed by atoms with Gasteiger partial charge in [-0.05, 0) is 43.8 Å². The summed E-state index contributed by atoms with van der Waals surface area (Å²) < 4.78 is 7.13. The van der Waals surface area contributed by atoms with Crippen LogP contribution in [0, 0.1) is 18.7 Å². The Balaban J connectivity index is 2.15. The summed E-state index contributed by atoms with van der Waals surface area (Å²) in [6.07, 6.45) is 1.70. The van der Waals surface area contributed by atoms with Gasteiger partial charge in [0.1, 0.15) is 0 Å². The number of aromatic nitrogens is 4. The van der Waals surface area contributed by atoms with E-state index < -0.39 is 0 Å². The first-order chi connectivity index (χ1) is 9.58. The van der Waals surface area contributed by atoms with E-state index in [1.54, 1.807) is 6.20 Å². The predicted molar refractivity (Wildman–Crippen MR) is 78.7 cm³/mol. The molecule has 0 bridgehead atoms. The number of nitrogens with zero attached hydrogens (tertiary/aromatic N) is 3. The van der Waals surface area contributed by atoms with E-state index in [1.165, 1.54) is 0 Å². The largest absolute Gasteiger partial charge is 0.409 e. The van der Waals surface area contributed by atoms with E-state index in [0.29, 0.717) is 10.9 Å². The van der Waals surface area contributed by atoms with Crippen LogP contribution >= 0.6 is 23.8 Å². The van der Waals surface area contributed by atoms with Crippen molar-refractivity contribution in [3.8, 4) is 17.1 Å². The highest BCUT2D eigenvalue weighted by atomic mass is 35.5. The van der Waals surface area contributed by atoms with Crippen LogP contribution in [0.1, 0.15) is 11.3 Å². The van der Waals surface area contributed by atoms with Crippen LogP contribution in [0.4, 0.5) is 0 Å². The normalized spacial score (nSPS) is 10.9. The lowest BCUT2D eigenvalue weighted by Crippen LogP contribution is -2.01. The molecule has 0 amide bonds. The van der Waals surface area contributed by atoms with Gasteiger partial charge in [-0.3, -0.25) is 0 Å². The zero-order valence-corrected chi connectivity index (χ0v) is 12.4. The average Bonchev–Trinajstić information content (AvgIpc) is 2.99. The summed E-state index contributed by atoms with van der Waals surface area (Å²) in [6, 6.07) is 5.71. The van der Waals surface area contributed by atoms with Gasteiger partial charge < -0.3 is 4.42 Å². The monoisotopic (exact) mass is 306 g/mol. The highest BCUT2D eigenvalue weighted by Gasteiger charge is 2.15. The molecule has 0 fully saturated rings. The SMILES string of the molecule is Cc1c(Cl)cccc1-n1ncc(-c2n[nH]c(=S)o2)c1C. The standard InChI is InChI=1S/C13H11ClN4OS/c1-7-10(14)4-3-5-11(7)18-8(2)9(6-15-18)12-16-17-13(20)19-12/h3-6H,1-2H3,(H,17,20). The summed E-state index contributed by atoms with van der Waals surface area (Å²) in [5.74, 6) is 0.429. The minimum Gasteiger partial charge on any atom is -0.409 e. The second kappa shape index (κ2) is 4.88. The molecule has 1 aromatic carbocycles. The Kier molecular flexibility index (Phi) is 3.19. The zero-order valence-electron chi connectivity index (χ0n) is 10.8. The molecular weight excluding hydrogens is 296 g/mol. The second-order valence-corrected chi connectivity index (χ2v) is 5.14. The van der Waals surface area contributed by atoms with Crippen LogP contribution in [0.25, 0.3) is 17.1 Å². The van der Waals surface area contributed by atoms with Crippen LogP contribution in [-0.2, 0) is 0 Å². The van der Waals surface area contributed by atoms with E-state index in [0.717, 1.165) is 22.5 Å². The van der Waals surface area contributed by atoms with E-state index in [4.69, 9.17) is 28.2 Å². The van der Waals surface area contributed by atoms with Crippen LogP contribution in [0.2, 0.25) is 5.02 Å². The molecule has 0 aliphatic carbocycles. The molecule has 0 aliphatic heterocycles. The summed E-state index contributed by atoms with van der Waals surface area (Å²) >= 11 is 11.0. The topological polar surface area (TPSA) is 59.6 Å². The van der Waals surface area contributed by atoms with Gasteiger partial charge in [0.25, 0.3) is 4.84 Å². The summed E-state index contributed by atoms with van der Waals surface area (Å²) in [6.45, 7) is 3.90. The van der Waals surface area contributed by atoms with Gasteiger partial charge in [-0.25, -0.2) is 9.78 Å². The van der Waals surface area contributed by atoms with Crippen molar-refractivity contribution in [2.45, 2.75) is 13.8 Å². The third-order valence-electron chi connectivity index (χ3n) is 3.15. The predicted octanol–water partition coefficient (Wildman–Crippen LogP) is 3.86. The zero-order chi connectivity index (χ0) is 14.3. The molecule has 5 nitrogen and oxygen atoms in total. The lowest BCUT2D eigenvalue weighted by molar-refractivity contribution is 0.551. The van der Waals surface area contributed by atoms with Crippen molar-refractivity contribution in [1.82, 2.24) is 20.0 Å². The van der Waals surface area contributed by atoms with Crippen molar-refractivity contribution >= 4 is 23.8 Å². The summed E-state index contributed by atoms with van der Waals surface area (Å²) in [5, 5.41) is 11.7. The molecule has 0 unspecified atom stereocenters. The quantitative estimate of drug-likeness (QED) is 0.730. The molecule has 3 aromatic rings. The van der Waals surface area contributed by atoms with Crippen molar-refractivity contribution in [2.24, 2.45) is 0 Å². The van der Waals surface area contributed by atoms with E-state index in [1.807, 2.05) is 36.7 Å². The molecule has 0 saturated heterocycles. The Bertz CT molecular complexity index is 833. The second-order valence-electron chi connectivity index (χ2n) is 4.36. The average molecular weight is 307 g/mol. The molecule has 0 aliphatic rings. The fraction of sp³-hybridized carbons (Fsp3) is 0.154. The van der Waals surface area contributed by atoms with Crippen LogP contribution in [0.15, 0.2) is 28.8 Å². The lowest BCUT2D eigenvalue weighted by Gasteiger charge is -2.09. The number of nitrogens with one attached hydrogen (secondary N) is 1. The van der Waals surface area contributed by atoms with E-state index >= 15 is 0 Å². The molecule has 7 heteroatoms. The van der Waals surface area contributed by atoms with Crippen LogP contribution in [-0.4, -0.2) is 20.0 Å². The lowest BCUT2D eigenvalue weighted by atomic mass is 10.2. The Morgan fingerprint density at radius 1 is 1.35 bits per heavy atom. The van der Waals surface area contributed by atoms with Crippen LogP contribution in [0.3, 0.4) is 0 Å². The molecular formula is C13H11ClN4OS. The third kappa shape index (κ3) is 2.07. The third-order valence-corrected chi connectivity index (χ3v) is 3.73. The molecule has 0 spiro atoms. The van der Waals surface area contributed by atoms with E-state index in [9.17, 15) is 0 Å². The number of rotatable bonds is 2. The first-order valence-electron chi connectivity index (χ1n) is 5.94. The number of hydrogen-bond acceptors (Lipinski definition) is 4. The van der Waals surface area contributed by atoms with Gasteiger partial charge in [0.05, 0.1) is 23.1 Å². The van der Waals surface area contributed by atoms with Crippen molar-refractivity contribution in [2.75, 3.05) is 0 Å². The number of benzene rings is 1. The fourth-order valence-corrected chi connectivity index (χ4v) is 2.33. The Morgan fingerprint density at radius 2 is 2.15 bits per heavy atom. The van der Waals surface area contributed by atoms with Gasteiger partial charge in [-0.2, -0.15) is 5.10 Å². The molecule has 20 heavy (non-hydrogen) atoms. The minimum atomic E-state index is 0.242. The maximum Gasteiger partial charge on any atom is 0.284 e. The summed E-state index contributed by atoms with van der Waals surface area (Å²) in [7, 11) is 0. The van der Waals surface area contributed by atoms with Gasteiger partial charge >= 0.3 is 0 Å².